The summed E-state index contributed by atoms with van der Waals surface area (Å²) < 4.78 is 29.0. The van der Waals surface area contributed by atoms with Gasteiger partial charge in [0.05, 0.1) is 11.4 Å². The van der Waals surface area contributed by atoms with Crippen molar-refractivity contribution in [3.05, 3.63) is 47.7 Å². The predicted molar refractivity (Wildman–Crippen MR) is 96.6 cm³/mol. The summed E-state index contributed by atoms with van der Waals surface area (Å²) in [5.41, 5.74) is 2.04. The summed E-state index contributed by atoms with van der Waals surface area (Å²) in [7, 11) is -1.59. The molecule has 6 heteroatoms. The minimum atomic E-state index is -3.38. The molecule has 1 heterocycles. The molecule has 0 aliphatic heterocycles. The molecule has 1 aromatic heterocycles. The third-order valence-corrected chi connectivity index (χ3v) is 5.95. The molecule has 1 aliphatic rings. The summed E-state index contributed by atoms with van der Waals surface area (Å²) >= 11 is 0. The molecular formula is C18H25N3O2S. The van der Waals surface area contributed by atoms with Crippen LogP contribution in [0.4, 0.5) is 5.82 Å². The van der Waals surface area contributed by atoms with Crippen LogP contribution in [-0.2, 0) is 23.5 Å². The van der Waals surface area contributed by atoms with Gasteiger partial charge in [-0.05, 0) is 24.8 Å². The van der Waals surface area contributed by atoms with Crippen LogP contribution in [0.25, 0.3) is 0 Å². The van der Waals surface area contributed by atoms with E-state index in [2.05, 4.69) is 9.82 Å². The molecule has 0 spiro atoms. The van der Waals surface area contributed by atoms with Gasteiger partial charge in [-0.15, -0.1) is 0 Å². The first-order valence-corrected chi connectivity index (χ1v) is 10.3. The Bertz CT molecular complexity index is 763. The van der Waals surface area contributed by atoms with Crippen molar-refractivity contribution in [1.82, 2.24) is 9.78 Å². The highest BCUT2D eigenvalue weighted by molar-refractivity contribution is 7.92. The number of aromatic nitrogens is 2. The lowest BCUT2D eigenvalue weighted by molar-refractivity contribution is 0.433. The first-order valence-electron chi connectivity index (χ1n) is 8.62. The van der Waals surface area contributed by atoms with E-state index < -0.39 is 10.0 Å². The number of anilines is 1. The van der Waals surface area contributed by atoms with Crippen LogP contribution in [0.2, 0.25) is 0 Å². The summed E-state index contributed by atoms with van der Waals surface area (Å²) in [6, 6.07) is 11.6. The molecule has 3 rings (SSSR count). The third-order valence-electron chi connectivity index (χ3n) is 4.68. The topological polar surface area (TPSA) is 64.0 Å². The van der Waals surface area contributed by atoms with E-state index in [-0.39, 0.29) is 5.75 Å². The molecule has 5 nitrogen and oxygen atoms in total. The van der Waals surface area contributed by atoms with Crippen LogP contribution >= 0.6 is 0 Å². The lowest BCUT2D eigenvalue weighted by Gasteiger charge is -2.19. The van der Waals surface area contributed by atoms with Gasteiger partial charge in [-0.3, -0.25) is 9.40 Å². The van der Waals surface area contributed by atoms with E-state index in [1.807, 2.05) is 36.4 Å². The first-order chi connectivity index (χ1) is 11.5. The fraction of sp³-hybridized carbons (Fsp3) is 0.500. The zero-order chi connectivity index (χ0) is 17.0. The highest BCUT2D eigenvalue weighted by atomic mass is 32.2. The molecule has 0 saturated heterocycles. The molecule has 0 radical (unpaired) electrons. The van der Waals surface area contributed by atoms with Gasteiger partial charge in [0.15, 0.2) is 0 Å². The van der Waals surface area contributed by atoms with Gasteiger partial charge in [0.2, 0.25) is 10.0 Å². The van der Waals surface area contributed by atoms with E-state index in [4.69, 9.17) is 0 Å². The average molecular weight is 347 g/mol. The van der Waals surface area contributed by atoms with E-state index in [1.54, 1.807) is 11.7 Å². The van der Waals surface area contributed by atoms with Crippen molar-refractivity contribution in [2.24, 2.45) is 7.05 Å². The van der Waals surface area contributed by atoms with Crippen molar-refractivity contribution in [2.45, 2.75) is 44.4 Å². The number of aryl methyl sites for hydroxylation is 2. The predicted octanol–water partition coefficient (Wildman–Crippen LogP) is 3.45. The number of benzene rings is 1. The van der Waals surface area contributed by atoms with Crippen LogP contribution in [-0.4, -0.2) is 24.0 Å². The van der Waals surface area contributed by atoms with Crippen LogP contribution in [0.1, 0.15) is 49.3 Å². The minimum Gasteiger partial charge on any atom is -0.268 e. The monoisotopic (exact) mass is 347 g/mol. The molecule has 1 aromatic carbocycles. The third kappa shape index (κ3) is 4.38. The summed E-state index contributed by atoms with van der Waals surface area (Å²) in [6.07, 6.45) is 6.57. The summed E-state index contributed by atoms with van der Waals surface area (Å²) in [5.74, 6) is 1.09. The van der Waals surface area contributed by atoms with Gasteiger partial charge in [-0.1, -0.05) is 49.6 Å². The average Bonchev–Trinajstić information content (AvgIpc) is 2.95. The Morgan fingerprint density at radius 3 is 2.58 bits per heavy atom. The number of hydrogen-bond acceptors (Lipinski definition) is 3. The standard InChI is InChI=1S/C18H25N3O2S/c1-21-18(14-17(19-21)16-10-6-3-7-11-16)20-24(22,23)13-12-15-8-4-2-5-9-15/h2,4-5,8-9,14,16,20H,3,6-7,10-13H2,1H3. The van der Waals surface area contributed by atoms with Crippen LogP contribution in [0.5, 0.6) is 0 Å². The summed E-state index contributed by atoms with van der Waals surface area (Å²) in [4.78, 5) is 0. The van der Waals surface area contributed by atoms with E-state index in [9.17, 15) is 8.42 Å². The molecule has 130 valence electrons. The number of nitrogens with one attached hydrogen (secondary N) is 1. The molecule has 1 saturated carbocycles. The van der Waals surface area contributed by atoms with Gasteiger partial charge in [0.1, 0.15) is 5.82 Å². The lowest BCUT2D eigenvalue weighted by atomic mass is 9.87. The number of sulfonamides is 1. The van der Waals surface area contributed by atoms with E-state index in [0.717, 1.165) is 24.1 Å². The quantitative estimate of drug-likeness (QED) is 0.870. The second-order valence-corrected chi connectivity index (χ2v) is 8.41. The Balaban J connectivity index is 1.65. The van der Waals surface area contributed by atoms with Gasteiger partial charge in [0, 0.05) is 19.0 Å². The SMILES string of the molecule is Cn1nc(C2CCCCC2)cc1NS(=O)(=O)CCc1ccccc1. The maximum absolute atomic E-state index is 12.4. The first kappa shape index (κ1) is 17.0. The van der Waals surface area contributed by atoms with Crippen molar-refractivity contribution >= 4 is 15.8 Å². The zero-order valence-electron chi connectivity index (χ0n) is 14.1. The molecule has 1 aliphatic carbocycles. The second-order valence-electron chi connectivity index (χ2n) is 6.57. The largest absolute Gasteiger partial charge is 0.268 e. The van der Waals surface area contributed by atoms with E-state index in [0.29, 0.717) is 18.2 Å². The van der Waals surface area contributed by atoms with Crippen LogP contribution in [0.3, 0.4) is 0 Å². The molecule has 0 bridgehead atoms. The lowest BCUT2D eigenvalue weighted by Crippen LogP contribution is -2.19. The van der Waals surface area contributed by atoms with Crippen molar-refractivity contribution in [1.29, 1.82) is 0 Å². The molecule has 0 unspecified atom stereocenters. The molecule has 2 aromatic rings. The van der Waals surface area contributed by atoms with Crippen molar-refractivity contribution < 1.29 is 8.42 Å². The second kappa shape index (κ2) is 7.38. The number of rotatable bonds is 6. The highest BCUT2D eigenvalue weighted by Gasteiger charge is 2.21. The fourth-order valence-corrected chi connectivity index (χ4v) is 4.41. The van der Waals surface area contributed by atoms with Crippen LogP contribution in [0.15, 0.2) is 36.4 Å². The smallest absolute Gasteiger partial charge is 0.234 e. The molecular weight excluding hydrogens is 322 g/mol. The van der Waals surface area contributed by atoms with Crippen molar-refractivity contribution in [3.8, 4) is 0 Å². The number of nitrogens with zero attached hydrogens (tertiary/aromatic N) is 2. The minimum absolute atomic E-state index is 0.0704. The number of hydrogen-bond donors (Lipinski definition) is 1. The summed E-state index contributed by atoms with van der Waals surface area (Å²) in [6.45, 7) is 0. The molecule has 1 N–H and O–H groups in total. The Labute approximate surface area is 144 Å². The highest BCUT2D eigenvalue weighted by Crippen LogP contribution is 2.32. The molecule has 0 atom stereocenters. The normalized spacial score (nSPS) is 16.2. The van der Waals surface area contributed by atoms with Crippen molar-refractivity contribution in [2.75, 3.05) is 10.5 Å². The Morgan fingerprint density at radius 2 is 1.88 bits per heavy atom. The Morgan fingerprint density at radius 1 is 1.17 bits per heavy atom. The maximum atomic E-state index is 12.4. The Kier molecular flexibility index (Phi) is 5.23. The van der Waals surface area contributed by atoms with Gasteiger partial charge < -0.3 is 0 Å². The van der Waals surface area contributed by atoms with Gasteiger partial charge >= 0.3 is 0 Å². The van der Waals surface area contributed by atoms with Gasteiger partial charge in [-0.25, -0.2) is 8.42 Å². The fourth-order valence-electron chi connectivity index (χ4n) is 3.29. The maximum Gasteiger partial charge on any atom is 0.234 e. The van der Waals surface area contributed by atoms with Crippen LogP contribution < -0.4 is 4.72 Å². The zero-order valence-corrected chi connectivity index (χ0v) is 14.9. The van der Waals surface area contributed by atoms with E-state index in [1.165, 1.54) is 19.3 Å². The molecule has 0 amide bonds. The van der Waals surface area contributed by atoms with E-state index >= 15 is 0 Å². The van der Waals surface area contributed by atoms with Crippen molar-refractivity contribution in [3.63, 3.8) is 0 Å². The van der Waals surface area contributed by atoms with Gasteiger partial charge in [0.25, 0.3) is 0 Å². The Hall–Kier alpha value is -1.82. The van der Waals surface area contributed by atoms with Gasteiger partial charge in [-0.2, -0.15) is 5.10 Å². The molecule has 24 heavy (non-hydrogen) atoms. The van der Waals surface area contributed by atoms with Crippen LogP contribution in [0, 0.1) is 0 Å². The summed E-state index contributed by atoms with van der Waals surface area (Å²) in [5, 5.41) is 4.53. The molecule has 1 fully saturated rings.